The molecule has 0 radical (unpaired) electrons. The zero-order chi connectivity index (χ0) is 17.4. The van der Waals surface area contributed by atoms with Gasteiger partial charge < -0.3 is 9.72 Å². The summed E-state index contributed by atoms with van der Waals surface area (Å²) in [6.07, 6.45) is 4.24. The second-order valence-corrected chi connectivity index (χ2v) is 6.40. The largest absolute Gasteiger partial charge is 0.494 e. The van der Waals surface area contributed by atoms with Crippen LogP contribution in [0.15, 0.2) is 23.0 Å². The molecule has 0 unspecified atom stereocenters. The highest BCUT2D eigenvalue weighted by Gasteiger charge is 2.16. The Hall–Kier alpha value is -2.76. The van der Waals surface area contributed by atoms with Crippen molar-refractivity contribution in [1.29, 1.82) is 0 Å². The molecule has 2 heterocycles. The third-order valence-electron chi connectivity index (χ3n) is 4.71. The summed E-state index contributed by atoms with van der Waals surface area (Å²) in [4.78, 5) is 29.1. The monoisotopic (exact) mass is 336 g/mol. The summed E-state index contributed by atoms with van der Waals surface area (Å²) in [5.41, 5.74) is 3.43. The Labute approximate surface area is 145 Å². The van der Waals surface area contributed by atoms with E-state index in [9.17, 15) is 4.79 Å². The summed E-state index contributed by atoms with van der Waals surface area (Å²) in [6, 6.07) is 5.80. The Bertz CT molecular complexity index is 1010. The standard InChI is InChI=1S/C19H20N4O2/c1-11-12-7-5-9-15(25-2)18(12)22-16(20-11)10-17-21-14-8-4-3-6-13(14)19(24)23-17/h5,7,9H,3-4,6,8,10H2,1-2H3,(H,21,23,24). The van der Waals surface area contributed by atoms with Gasteiger partial charge in [-0.05, 0) is 38.7 Å². The molecule has 0 bridgehead atoms. The van der Waals surface area contributed by atoms with E-state index in [1.165, 1.54) is 0 Å². The van der Waals surface area contributed by atoms with Gasteiger partial charge in [0.05, 0.1) is 19.2 Å². The van der Waals surface area contributed by atoms with Crippen molar-refractivity contribution in [3.8, 4) is 5.75 Å². The maximum atomic E-state index is 12.3. The van der Waals surface area contributed by atoms with Gasteiger partial charge in [-0.15, -0.1) is 0 Å². The molecule has 0 atom stereocenters. The molecule has 0 fully saturated rings. The minimum Gasteiger partial charge on any atom is -0.494 e. The second-order valence-electron chi connectivity index (χ2n) is 6.40. The maximum Gasteiger partial charge on any atom is 0.254 e. The number of benzene rings is 1. The second kappa shape index (κ2) is 6.27. The number of H-pyrrole nitrogens is 1. The van der Waals surface area contributed by atoms with Gasteiger partial charge in [0, 0.05) is 16.6 Å². The topological polar surface area (TPSA) is 80.8 Å². The molecule has 0 saturated carbocycles. The third-order valence-corrected chi connectivity index (χ3v) is 4.71. The Morgan fingerprint density at radius 3 is 2.84 bits per heavy atom. The predicted octanol–water partition coefficient (Wildman–Crippen LogP) is 2.50. The lowest BCUT2D eigenvalue weighted by Crippen LogP contribution is -2.23. The number of aryl methyl sites for hydroxylation is 2. The Kier molecular flexibility index (Phi) is 3.95. The lowest BCUT2D eigenvalue weighted by Gasteiger charge is -2.14. The zero-order valence-corrected chi connectivity index (χ0v) is 14.4. The maximum absolute atomic E-state index is 12.3. The van der Waals surface area contributed by atoms with Gasteiger partial charge in [-0.25, -0.2) is 15.0 Å². The summed E-state index contributed by atoms with van der Waals surface area (Å²) in [6.45, 7) is 1.95. The number of aromatic amines is 1. The van der Waals surface area contributed by atoms with Crippen LogP contribution < -0.4 is 10.3 Å². The molecule has 0 spiro atoms. The highest BCUT2D eigenvalue weighted by atomic mass is 16.5. The fourth-order valence-corrected chi connectivity index (χ4v) is 3.47. The van der Waals surface area contributed by atoms with Gasteiger partial charge in [0.2, 0.25) is 0 Å². The Morgan fingerprint density at radius 2 is 2.00 bits per heavy atom. The first-order valence-corrected chi connectivity index (χ1v) is 8.57. The minimum absolute atomic E-state index is 0.0187. The lowest BCUT2D eigenvalue weighted by atomic mass is 9.97. The number of hydrogen-bond acceptors (Lipinski definition) is 5. The van der Waals surface area contributed by atoms with Crippen molar-refractivity contribution < 1.29 is 4.74 Å². The minimum atomic E-state index is -0.0187. The van der Waals surface area contributed by atoms with E-state index in [0.717, 1.165) is 59.3 Å². The molecule has 1 aliphatic rings. The molecule has 0 aliphatic heterocycles. The molecule has 1 aromatic carbocycles. The van der Waals surface area contributed by atoms with Crippen LogP contribution in [0.5, 0.6) is 5.75 Å². The molecular weight excluding hydrogens is 316 g/mol. The van der Waals surface area contributed by atoms with Gasteiger partial charge in [0.25, 0.3) is 5.56 Å². The number of methoxy groups -OCH3 is 1. The molecule has 0 saturated heterocycles. The van der Waals surface area contributed by atoms with Gasteiger partial charge in [0.15, 0.2) is 0 Å². The Balaban J connectivity index is 1.76. The molecule has 25 heavy (non-hydrogen) atoms. The van der Waals surface area contributed by atoms with Crippen LogP contribution in [0.2, 0.25) is 0 Å². The van der Waals surface area contributed by atoms with Gasteiger partial charge >= 0.3 is 0 Å². The van der Waals surface area contributed by atoms with E-state index < -0.39 is 0 Å². The molecule has 4 rings (SSSR count). The summed E-state index contributed by atoms with van der Waals surface area (Å²) in [5.74, 6) is 1.98. The molecule has 1 aliphatic carbocycles. The molecule has 6 heteroatoms. The third kappa shape index (κ3) is 2.88. The summed E-state index contributed by atoms with van der Waals surface area (Å²) < 4.78 is 5.42. The van der Waals surface area contributed by atoms with Crippen molar-refractivity contribution in [3.63, 3.8) is 0 Å². The quantitative estimate of drug-likeness (QED) is 0.795. The van der Waals surface area contributed by atoms with E-state index in [2.05, 4.69) is 19.9 Å². The van der Waals surface area contributed by atoms with Crippen LogP contribution in [0, 0.1) is 6.92 Å². The smallest absolute Gasteiger partial charge is 0.254 e. The van der Waals surface area contributed by atoms with Crippen molar-refractivity contribution >= 4 is 10.9 Å². The van der Waals surface area contributed by atoms with Crippen LogP contribution in [-0.2, 0) is 19.3 Å². The van der Waals surface area contributed by atoms with Crippen LogP contribution in [0.3, 0.4) is 0 Å². The zero-order valence-electron chi connectivity index (χ0n) is 14.4. The fraction of sp³-hybridized carbons (Fsp3) is 0.368. The number of aromatic nitrogens is 4. The highest BCUT2D eigenvalue weighted by molar-refractivity contribution is 5.86. The fourth-order valence-electron chi connectivity index (χ4n) is 3.47. The van der Waals surface area contributed by atoms with E-state index in [4.69, 9.17) is 4.74 Å². The van der Waals surface area contributed by atoms with E-state index in [0.29, 0.717) is 18.1 Å². The van der Waals surface area contributed by atoms with E-state index >= 15 is 0 Å². The van der Waals surface area contributed by atoms with E-state index in [1.807, 2.05) is 25.1 Å². The molecular formula is C19H20N4O2. The molecule has 6 nitrogen and oxygen atoms in total. The van der Waals surface area contributed by atoms with Crippen molar-refractivity contribution in [3.05, 3.63) is 57.2 Å². The molecule has 0 amide bonds. The lowest BCUT2D eigenvalue weighted by molar-refractivity contribution is 0.418. The van der Waals surface area contributed by atoms with Crippen molar-refractivity contribution in [1.82, 2.24) is 19.9 Å². The van der Waals surface area contributed by atoms with Gasteiger partial charge in [-0.3, -0.25) is 4.79 Å². The number of rotatable bonds is 3. The SMILES string of the molecule is COc1cccc2c(C)nc(Cc3nc4c(c(=O)[nH]3)CCCC4)nc12. The van der Waals surface area contributed by atoms with Crippen LogP contribution in [0.25, 0.3) is 10.9 Å². The van der Waals surface area contributed by atoms with Crippen molar-refractivity contribution in [2.75, 3.05) is 7.11 Å². The van der Waals surface area contributed by atoms with E-state index in [1.54, 1.807) is 7.11 Å². The number of nitrogens with one attached hydrogen (secondary N) is 1. The molecule has 1 N–H and O–H groups in total. The van der Waals surface area contributed by atoms with Crippen LogP contribution in [-0.4, -0.2) is 27.0 Å². The number of nitrogens with zero attached hydrogens (tertiary/aromatic N) is 3. The predicted molar refractivity (Wildman–Crippen MR) is 95.1 cm³/mol. The first kappa shape index (κ1) is 15.7. The van der Waals surface area contributed by atoms with Gasteiger partial charge in [-0.2, -0.15) is 0 Å². The summed E-state index contributed by atoms with van der Waals surface area (Å²) in [7, 11) is 1.63. The first-order chi connectivity index (χ1) is 12.2. The van der Waals surface area contributed by atoms with E-state index in [-0.39, 0.29) is 5.56 Å². The van der Waals surface area contributed by atoms with Crippen LogP contribution >= 0.6 is 0 Å². The van der Waals surface area contributed by atoms with Crippen LogP contribution in [0.4, 0.5) is 0 Å². The number of fused-ring (bicyclic) bond motifs is 2. The van der Waals surface area contributed by atoms with Crippen molar-refractivity contribution in [2.45, 2.75) is 39.0 Å². The molecule has 128 valence electrons. The van der Waals surface area contributed by atoms with Gasteiger partial charge in [-0.1, -0.05) is 12.1 Å². The number of hydrogen-bond donors (Lipinski definition) is 1. The average Bonchev–Trinajstić information content (AvgIpc) is 2.61. The average molecular weight is 336 g/mol. The summed E-state index contributed by atoms with van der Waals surface area (Å²) in [5, 5.41) is 0.968. The summed E-state index contributed by atoms with van der Waals surface area (Å²) >= 11 is 0. The molecule has 3 aromatic rings. The van der Waals surface area contributed by atoms with Gasteiger partial charge in [0.1, 0.15) is 22.9 Å². The Morgan fingerprint density at radius 1 is 1.16 bits per heavy atom. The van der Waals surface area contributed by atoms with Crippen molar-refractivity contribution in [2.24, 2.45) is 0 Å². The highest BCUT2D eigenvalue weighted by Crippen LogP contribution is 2.25. The molecule has 2 aromatic heterocycles. The first-order valence-electron chi connectivity index (χ1n) is 8.57. The number of para-hydroxylation sites is 1. The normalized spacial score (nSPS) is 13.7. The number of ether oxygens (including phenoxy) is 1. The van der Waals surface area contributed by atoms with Crippen LogP contribution in [0.1, 0.15) is 41.4 Å².